The maximum atomic E-state index is 4.69. The quantitative estimate of drug-likeness (QED) is 0.330. The van der Waals surface area contributed by atoms with Crippen LogP contribution in [0.3, 0.4) is 0 Å². The van der Waals surface area contributed by atoms with Gasteiger partial charge in [0.15, 0.2) is 5.96 Å². The Morgan fingerprint density at radius 2 is 1.90 bits per heavy atom. The summed E-state index contributed by atoms with van der Waals surface area (Å²) < 4.78 is 0. The molecule has 1 fully saturated rings. The van der Waals surface area contributed by atoms with E-state index in [4.69, 9.17) is 0 Å². The van der Waals surface area contributed by atoms with Gasteiger partial charge in [0.05, 0.1) is 0 Å². The zero-order valence-electron chi connectivity index (χ0n) is 13.0. The summed E-state index contributed by atoms with van der Waals surface area (Å²) in [7, 11) is 0. The topological polar surface area (TPSA) is 36.4 Å². The molecule has 0 atom stereocenters. The van der Waals surface area contributed by atoms with E-state index in [0.29, 0.717) is 6.04 Å². The van der Waals surface area contributed by atoms with Crippen molar-refractivity contribution in [3.05, 3.63) is 35.9 Å². The molecule has 1 aromatic rings. The number of nitrogens with zero attached hydrogens (tertiary/aromatic N) is 1. The Morgan fingerprint density at radius 1 is 1.19 bits per heavy atom. The molecule has 1 aromatic carbocycles. The van der Waals surface area contributed by atoms with Crippen molar-refractivity contribution >= 4 is 29.9 Å². The highest BCUT2D eigenvalue weighted by Gasteiger charge is 2.15. The van der Waals surface area contributed by atoms with Gasteiger partial charge in [0.2, 0.25) is 0 Å². The van der Waals surface area contributed by atoms with Crippen LogP contribution in [-0.2, 0) is 6.42 Å². The van der Waals surface area contributed by atoms with Gasteiger partial charge in [-0.05, 0) is 38.2 Å². The van der Waals surface area contributed by atoms with Crippen molar-refractivity contribution in [2.75, 3.05) is 13.1 Å². The van der Waals surface area contributed by atoms with Gasteiger partial charge in [0, 0.05) is 19.1 Å². The number of halogens is 1. The number of rotatable bonds is 6. The minimum Gasteiger partial charge on any atom is -0.357 e. The first-order valence-corrected chi connectivity index (χ1v) is 7.97. The van der Waals surface area contributed by atoms with Gasteiger partial charge in [-0.2, -0.15) is 0 Å². The third-order valence-corrected chi connectivity index (χ3v) is 3.78. The second-order valence-corrected chi connectivity index (χ2v) is 5.48. The van der Waals surface area contributed by atoms with Crippen LogP contribution in [0, 0.1) is 0 Å². The molecular formula is C17H28IN3. The fourth-order valence-corrected chi connectivity index (χ4v) is 2.70. The van der Waals surface area contributed by atoms with E-state index in [1.54, 1.807) is 0 Å². The Labute approximate surface area is 146 Å². The smallest absolute Gasteiger partial charge is 0.191 e. The minimum atomic E-state index is 0. The number of aliphatic imine (C=N–C) groups is 1. The molecule has 0 heterocycles. The van der Waals surface area contributed by atoms with Crippen molar-refractivity contribution in [1.82, 2.24) is 10.6 Å². The van der Waals surface area contributed by atoms with Gasteiger partial charge in [-0.1, -0.05) is 43.2 Å². The highest BCUT2D eigenvalue weighted by atomic mass is 127. The van der Waals surface area contributed by atoms with Gasteiger partial charge in [0.1, 0.15) is 0 Å². The predicted molar refractivity (Wildman–Crippen MR) is 102 cm³/mol. The molecule has 0 aromatic heterocycles. The molecule has 2 N–H and O–H groups in total. The second kappa shape index (κ2) is 10.9. The Morgan fingerprint density at radius 3 is 2.57 bits per heavy atom. The fourth-order valence-electron chi connectivity index (χ4n) is 2.70. The van der Waals surface area contributed by atoms with Crippen molar-refractivity contribution in [3.63, 3.8) is 0 Å². The first-order chi connectivity index (χ1) is 9.88. The predicted octanol–water partition coefficient (Wildman–Crippen LogP) is 3.73. The van der Waals surface area contributed by atoms with Crippen LogP contribution in [0.25, 0.3) is 0 Å². The Hall–Kier alpha value is -0.780. The summed E-state index contributed by atoms with van der Waals surface area (Å²) in [5.74, 6) is 0.993. The summed E-state index contributed by atoms with van der Waals surface area (Å²) in [6, 6.07) is 11.3. The van der Waals surface area contributed by atoms with E-state index in [2.05, 4.69) is 52.9 Å². The van der Waals surface area contributed by atoms with E-state index < -0.39 is 0 Å². The molecule has 0 bridgehead atoms. The van der Waals surface area contributed by atoms with Crippen LogP contribution in [0.2, 0.25) is 0 Å². The lowest BCUT2D eigenvalue weighted by Gasteiger charge is -2.16. The molecule has 3 nitrogen and oxygen atoms in total. The number of hydrogen-bond acceptors (Lipinski definition) is 1. The van der Waals surface area contributed by atoms with Crippen LogP contribution < -0.4 is 10.6 Å². The summed E-state index contributed by atoms with van der Waals surface area (Å²) in [6.07, 6.45) is 7.48. The van der Waals surface area contributed by atoms with Gasteiger partial charge in [0.25, 0.3) is 0 Å². The molecule has 118 valence electrons. The lowest BCUT2D eigenvalue weighted by molar-refractivity contribution is 0.613. The van der Waals surface area contributed by atoms with Crippen molar-refractivity contribution in [1.29, 1.82) is 0 Å². The summed E-state index contributed by atoms with van der Waals surface area (Å²) in [4.78, 5) is 4.69. The average molecular weight is 401 g/mol. The molecule has 0 spiro atoms. The third-order valence-electron chi connectivity index (χ3n) is 3.78. The first-order valence-electron chi connectivity index (χ1n) is 7.97. The third kappa shape index (κ3) is 7.16. The van der Waals surface area contributed by atoms with E-state index in [9.17, 15) is 0 Å². The lowest BCUT2D eigenvalue weighted by atomic mass is 10.1. The zero-order valence-corrected chi connectivity index (χ0v) is 15.3. The molecule has 1 aliphatic rings. The van der Waals surface area contributed by atoms with Crippen LogP contribution in [0.4, 0.5) is 0 Å². The van der Waals surface area contributed by atoms with Crippen molar-refractivity contribution in [3.8, 4) is 0 Å². The van der Waals surface area contributed by atoms with Crippen molar-refractivity contribution in [2.45, 2.75) is 51.5 Å². The standard InChI is InChI=1S/C17H27N3.HI/c1-2-18-17(20-16-12-6-7-13-16)19-14-8-11-15-9-4-3-5-10-15;/h3-5,9-10,16H,2,6-8,11-14H2,1H3,(H2,18,19,20);1H. The Kier molecular flexibility index (Phi) is 9.46. The van der Waals surface area contributed by atoms with E-state index in [1.165, 1.54) is 31.2 Å². The number of guanidine groups is 1. The Balaban J connectivity index is 0.00000220. The van der Waals surface area contributed by atoms with Gasteiger partial charge < -0.3 is 10.6 Å². The van der Waals surface area contributed by atoms with Crippen molar-refractivity contribution < 1.29 is 0 Å². The summed E-state index contributed by atoms with van der Waals surface area (Å²) in [6.45, 7) is 3.93. The van der Waals surface area contributed by atoms with Gasteiger partial charge in [-0.15, -0.1) is 24.0 Å². The molecule has 4 heteroatoms. The average Bonchev–Trinajstić information content (AvgIpc) is 2.98. The van der Waals surface area contributed by atoms with Crippen LogP contribution in [0.15, 0.2) is 35.3 Å². The molecule has 0 amide bonds. The Bertz CT molecular complexity index is 400. The molecule has 1 saturated carbocycles. The number of benzene rings is 1. The van der Waals surface area contributed by atoms with Crippen molar-refractivity contribution in [2.24, 2.45) is 4.99 Å². The first kappa shape index (κ1) is 18.3. The maximum absolute atomic E-state index is 4.69. The highest BCUT2D eigenvalue weighted by molar-refractivity contribution is 14.0. The van der Waals surface area contributed by atoms with E-state index in [1.807, 2.05) is 0 Å². The monoisotopic (exact) mass is 401 g/mol. The molecule has 0 aliphatic heterocycles. The van der Waals surface area contributed by atoms with E-state index in [-0.39, 0.29) is 24.0 Å². The molecule has 1 aliphatic carbocycles. The molecule has 0 unspecified atom stereocenters. The number of aryl methyl sites for hydroxylation is 1. The summed E-state index contributed by atoms with van der Waals surface area (Å²) >= 11 is 0. The van der Waals surface area contributed by atoms with E-state index in [0.717, 1.165) is 31.9 Å². The SMILES string of the molecule is CCNC(=NCCCc1ccccc1)NC1CCCC1.I. The summed E-state index contributed by atoms with van der Waals surface area (Å²) in [5, 5.41) is 6.90. The zero-order chi connectivity index (χ0) is 14.0. The summed E-state index contributed by atoms with van der Waals surface area (Å²) in [5.41, 5.74) is 1.40. The van der Waals surface area contributed by atoms with Crippen LogP contribution in [0.5, 0.6) is 0 Å². The molecule has 21 heavy (non-hydrogen) atoms. The van der Waals surface area contributed by atoms with Gasteiger partial charge in [-0.25, -0.2) is 0 Å². The maximum Gasteiger partial charge on any atom is 0.191 e. The molecule has 0 radical (unpaired) electrons. The number of hydrogen-bond donors (Lipinski definition) is 2. The lowest BCUT2D eigenvalue weighted by Crippen LogP contribution is -2.42. The van der Waals surface area contributed by atoms with E-state index >= 15 is 0 Å². The van der Waals surface area contributed by atoms with Crippen LogP contribution in [-0.4, -0.2) is 25.1 Å². The second-order valence-electron chi connectivity index (χ2n) is 5.48. The van der Waals surface area contributed by atoms with Gasteiger partial charge in [-0.3, -0.25) is 4.99 Å². The normalized spacial score (nSPS) is 15.6. The molecule has 2 rings (SSSR count). The van der Waals surface area contributed by atoms with Gasteiger partial charge >= 0.3 is 0 Å². The number of nitrogens with one attached hydrogen (secondary N) is 2. The van der Waals surface area contributed by atoms with Crippen LogP contribution >= 0.6 is 24.0 Å². The minimum absolute atomic E-state index is 0. The largest absolute Gasteiger partial charge is 0.357 e. The molecular weight excluding hydrogens is 373 g/mol. The van der Waals surface area contributed by atoms with Crippen LogP contribution in [0.1, 0.15) is 44.6 Å². The molecule has 0 saturated heterocycles. The highest BCUT2D eigenvalue weighted by Crippen LogP contribution is 2.17. The fraction of sp³-hybridized carbons (Fsp3) is 0.588.